The van der Waals surface area contributed by atoms with Crippen LogP contribution in [-0.4, -0.2) is 47.6 Å². The fourth-order valence-electron chi connectivity index (χ4n) is 4.46. The van der Waals surface area contributed by atoms with Gasteiger partial charge in [0.05, 0.1) is 17.4 Å². The molecule has 1 fully saturated rings. The van der Waals surface area contributed by atoms with Gasteiger partial charge in [-0.3, -0.25) is 9.59 Å². The average Bonchev–Trinajstić information content (AvgIpc) is 3.04. The standard InChI is InChI=1S/C26H30N2O4/c1-17(2)32-22-11-9-20(10-12-22)23-24(27-13-5-7-19(15-27)16-29)26(31)28(25(23)30)21-8-4-6-18(3)14-21/h4,6,8-12,14,17,19,29H,5,7,13,15-16H2,1-3H3. The monoisotopic (exact) mass is 434 g/mol. The molecule has 0 bridgehead atoms. The van der Waals surface area contributed by atoms with Crippen molar-refractivity contribution < 1.29 is 19.4 Å². The Morgan fingerprint density at radius 2 is 1.84 bits per heavy atom. The van der Waals surface area contributed by atoms with E-state index in [1.807, 2.05) is 68.1 Å². The van der Waals surface area contributed by atoms with Crippen LogP contribution in [0.3, 0.4) is 0 Å². The molecule has 0 aromatic heterocycles. The van der Waals surface area contributed by atoms with Gasteiger partial charge in [0.25, 0.3) is 11.8 Å². The first-order valence-corrected chi connectivity index (χ1v) is 11.2. The summed E-state index contributed by atoms with van der Waals surface area (Å²) in [5.74, 6) is 0.183. The minimum Gasteiger partial charge on any atom is -0.491 e. The molecule has 1 saturated heterocycles. The number of aliphatic hydroxyl groups is 1. The summed E-state index contributed by atoms with van der Waals surface area (Å²) < 4.78 is 5.74. The average molecular weight is 435 g/mol. The Kier molecular flexibility index (Phi) is 6.33. The van der Waals surface area contributed by atoms with Crippen LogP contribution in [0.5, 0.6) is 5.75 Å². The highest BCUT2D eigenvalue weighted by atomic mass is 16.5. The summed E-state index contributed by atoms with van der Waals surface area (Å²) in [7, 11) is 0. The third-order valence-electron chi connectivity index (χ3n) is 5.93. The molecule has 0 spiro atoms. The van der Waals surface area contributed by atoms with E-state index < -0.39 is 0 Å². The lowest BCUT2D eigenvalue weighted by Crippen LogP contribution is -2.40. The number of likely N-dealkylation sites (tertiary alicyclic amines) is 1. The van der Waals surface area contributed by atoms with Gasteiger partial charge in [0.15, 0.2) is 0 Å². The number of carbonyl (C=O) groups excluding carboxylic acids is 2. The molecule has 2 amide bonds. The SMILES string of the molecule is Cc1cccc(N2C(=O)C(c3ccc(OC(C)C)cc3)=C(N3CCCC(CO)C3)C2=O)c1. The number of amides is 2. The number of benzene rings is 2. The molecule has 4 rings (SSSR count). The van der Waals surface area contributed by atoms with E-state index >= 15 is 0 Å². The number of carbonyl (C=O) groups is 2. The Labute approximate surface area is 189 Å². The van der Waals surface area contributed by atoms with Crippen molar-refractivity contribution in [3.05, 3.63) is 65.4 Å². The van der Waals surface area contributed by atoms with Crippen molar-refractivity contribution in [1.82, 2.24) is 4.90 Å². The Morgan fingerprint density at radius 1 is 1.09 bits per heavy atom. The number of imide groups is 1. The molecule has 1 atom stereocenters. The van der Waals surface area contributed by atoms with Gasteiger partial charge in [-0.25, -0.2) is 4.90 Å². The van der Waals surface area contributed by atoms with Crippen molar-refractivity contribution in [1.29, 1.82) is 0 Å². The van der Waals surface area contributed by atoms with Crippen molar-refractivity contribution >= 4 is 23.1 Å². The third-order valence-corrected chi connectivity index (χ3v) is 5.93. The maximum absolute atomic E-state index is 13.6. The van der Waals surface area contributed by atoms with Crippen LogP contribution in [0.2, 0.25) is 0 Å². The van der Waals surface area contributed by atoms with Crippen LogP contribution < -0.4 is 9.64 Å². The Bertz CT molecular complexity index is 1040. The van der Waals surface area contributed by atoms with Crippen LogP contribution in [-0.2, 0) is 9.59 Å². The van der Waals surface area contributed by atoms with Crippen molar-refractivity contribution in [2.75, 3.05) is 24.6 Å². The normalized spacial score (nSPS) is 19.3. The van der Waals surface area contributed by atoms with Gasteiger partial charge in [-0.15, -0.1) is 0 Å². The first kappa shape index (κ1) is 22.1. The lowest BCUT2D eigenvalue weighted by molar-refractivity contribution is -0.120. The molecule has 2 aromatic carbocycles. The fraction of sp³-hybridized carbons (Fsp3) is 0.385. The van der Waals surface area contributed by atoms with Crippen LogP contribution in [0.25, 0.3) is 5.57 Å². The lowest BCUT2D eigenvalue weighted by Gasteiger charge is -2.34. The lowest BCUT2D eigenvalue weighted by atomic mass is 9.97. The zero-order valence-electron chi connectivity index (χ0n) is 18.9. The van der Waals surface area contributed by atoms with E-state index in [1.54, 1.807) is 6.07 Å². The summed E-state index contributed by atoms with van der Waals surface area (Å²) in [5.41, 5.74) is 3.07. The van der Waals surface area contributed by atoms with Gasteiger partial charge in [-0.05, 0) is 74.9 Å². The molecular weight excluding hydrogens is 404 g/mol. The summed E-state index contributed by atoms with van der Waals surface area (Å²) in [6, 6.07) is 14.8. The number of ether oxygens (including phenoxy) is 1. The van der Waals surface area contributed by atoms with Gasteiger partial charge in [0.1, 0.15) is 11.4 Å². The van der Waals surface area contributed by atoms with Gasteiger partial charge >= 0.3 is 0 Å². The highest BCUT2D eigenvalue weighted by molar-refractivity contribution is 6.45. The molecule has 6 heteroatoms. The molecule has 2 aromatic rings. The minimum absolute atomic E-state index is 0.0471. The Hall–Kier alpha value is -3.12. The number of rotatable bonds is 6. The molecule has 2 heterocycles. The Balaban J connectivity index is 1.77. The number of anilines is 1. The highest BCUT2D eigenvalue weighted by Crippen LogP contribution is 2.37. The van der Waals surface area contributed by atoms with E-state index in [0.29, 0.717) is 35.6 Å². The van der Waals surface area contributed by atoms with E-state index in [2.05, 4.69) is 0 Å². The quantitative estimate of drug-likeness (QED) is 0.701. The molecular formula is C26H30N2O4. The van der Waals surface area contributed by atoms with Crippen molar-refractivity contribution in [2.45, 2.75) is 39.7 Å². The van der Waals surface area contributed by atoms with E-state index in [-0.39, 0.29) is 30.4 Å². The van der Waals surface area contributed by atoms with E-state index in [9.17, 15) is 14.7 Å². The van der Waals surface area contributed by atoms with Crippen LogP contribution in [0, 0.1) is 12.8 Å². The maximum atomic E-state index is 13.6. The molecule has 168 valence electrons. The van der Waals surface area contributed by atoms with E-state index in [1.165, 1.54) is 4.90 Å². The third kappa shape index (κ3) is 4.28. The molecule has 32 heavy (non-hydrogen) atoms. The van der Waals surface area contributed by atoms with Gasteiger partial charge in [-0.1, -0.05) is 24.3 Å². The molecule has 1 N–H and O–H groups in total. The topological polar surface area (TPSA) is 70.1 Å². The Morgan fingerprint density at radius 3 is 2.50 bits per heavy atom. The summed E-state index contributed by atoms with van der Waals surface area (Å²) >= 11 is 0. The maximum Gasteiger partial charge on any atom is 0.282 e. The van der Waals surface area contributed by atoms with Crippen LogP contribution in [0.4, 0.5) is 5.69 Å². The number of nitrogens with zero attached hydrogens (tertiary/aromatic N) is 2. The highest BCUT2D eigenvalue weighted by Gasteiger charge is 2.43. The molecule has 6 nitrogen and oxygen atoms in total. The van der Waals surface area contributed by atoms with E-state index in [0.717, 1.165) is 24.2 Å². The number of aryl methyl sites for hydroxylation is 1. The zero-order valence-corrected chi connectivity index (χ0v) is 18.9. The smallest absolute Gasteiger partial charge is 0.282 e. The zero-order chi connectivity index (χ0) is 22.8. The predicted molar refractivity (Wildman–Crippen MR) is 124 cm³/mol. The van der Waals surface area contributed by atoms with Gasteiger partial charge in [0.2, 0.25) is 0 Å². The summed E-state index contributed by atoms with van der Waals surface area (Å²) in [5, 5.41) is 9.70. The minimum atomic E-state index is -0.320. The molecule has 2 aliphatic heterocycles. The number of piperidine rings is 1. The van der Waals surface area contributed by atoms with Crippen molar-refractivity contribution in [3.8, 4) is 5.75 Å². The molecule has 1 unspecified atom stereocenters. The second-order valence-electron chi connectivity index (χ2n) is 8.84. The predicted octanol–water partition coefficient (Wildman–Crippen LogP) is 3.77. The summed E-state index contributed by atoms with van der Waals surface area (Å²) in [4.78, 5) is 30.5. The van der Waals surface area contributed by atoms with Gasteiger partial charge in [-0.2, -0.15) is 0 Å². The number of aliphatic hydroxyl groups excluding tert-OH is 1. The fourth-order valence-corrected chi connectivity index (χ4v) is 4.46. The number of hydrogen-bond acceptors (Lipinski definition) is 5. The second-order valence-corrected chi connectivity index (χ2v) is 8.84. The van der Waals surface area contributed by atoms with Crippen molar-refractivity contribution in [2.24, 2.45) is 5.92 Å². The van der Waals surface area contributed by atoms with Crippen LogP contribution in [0.1, 0.15) is 37.8 Å². The van der Waals surface area contributed by atoms with Crippen molar-refractivity contribution in [3.63, 3.8) is 0 Å². The molecule has 0 aliphatic carbocycles. The van der Waals surface area contributed by atoms with Crippen LogP contribution in [0.15, 0.2) is 54.2 Å². The van der Waals surface area contributed by atoms with Crippen LogP contribution >= 0.6 is 0 Å². The molecule has 2 aliphatic rings. The second kappa shape index (κ2) is 9.17. The largest absolute Gasteiger partial charge is 0.491 e. The molecule has 0 saturated carbocycles. The molecule has 0 radical (unpaired) electrons. The van der Waals surface area contributed by atoms with E-state index in [4.69, 9.17) is 4.74 Å². The summed E-state index contributed by atoms with van der Waals surface area (Å²) in [6.45, 7) is 7.18. The summed E-state index contributed by atoms with van der Waals surface area (Å²) in [6.07, 6.45) is 1.83. The first-order valence-electron chi connectivity index (χ1n) is 11.2. The van der Waals surface area contributed by atoms with Gasteiger partial charge < -0.3 is 14.7 Å². The first-order chi connectivity index (χ1) is 15.4. The number of hydrogen-bond donors (Lipinski definition) is 1. The van der Waals surface area contributed by atoms with Gasteiger partial charge in [0, 0.05) is 19.7 Å².